The van der Waals surface area contributed by atoms with E-state index in [4.69, 9.17) is 4.74 Å². The van der Waals surface area contributed by atoms with Crippen LogP contribution in [0, 0.1) is 0 Å². The molecule has 0 aromatic rings. The molecule has 0 spiro atoms. The average Bonchev–Trinajstić information content (AvgIpc) is 2.37. The van der Waals surface area contributed by atoms with Crippen molar-refractivity contribution in [1.82, 2.24) is 0 Å². The Hall–Kier alpha value is -1.38. The number of carbonyl (C=O) groups is 2. The van der Waals surface area contributed by atoms with E-state index in [2.05, 4.69) is 6.92 Å². The van der Waals surface area contributed by atoms with Crippen LogP contribution in [0.15, 0.2) is 23.5 Å². The Labute approximate surface area is 109 Å². The zero-order valence-electron chi connectivity index (χ0n) is 11.3. The van der Waals surface area contributed by atoms with E-state index in [1.807, 2.05) is 0 Å². The molecule has 3 heteroatoms. The van der Waals surface area contributed by atoms with Gasteiger partial charge < -0.3 is 4.74 Å². The van der Waals surface area contributed by atoms with E-state index in [1.165, 1.54) is 44.9 Å². The van der Waals surface area contributed by atoms with E-state index in [0.29, 0.717) is 12.0 Å². The second kappa shape index (κ2) is 7.85. The number of unbranched alkanes of at least 4 members (excludes halogenated alkanes) is 5. The SMILES string of the molecule is CCCCCCCCC1=CC(=O)C(OC)=CC1=O. The van der Waals surface area contributed by atoms with Crippen LogP contribution in [0.4, 0.5) is 0 Å². The van der Waals surface area contributed by atoms with Gasteiger partial charge in [0, 0.05) is 11.6 Å². The van der Waals surface area contributed by atoms with Crippen molar-refractivity contribution in [1.29, 1.82) is 0 Å². The molecule has 0 N–H and O–H groups in total. The van der Waals surface area contributed by atoms with Gasteiger partial charge in [-0.15, -0.1) is 0 Å². The van der Waals surface area contributed by atoms with E-state index in [1.54, 1.807) is 0 Å². The third-order valence-corrected chi connectivity index (χ3v) is 3.15. The van der Waals surface area contributed by atoms with Crippen molar-refractivity contribution in [2.24, 2.45) is 0 Å². The molecule has 1 aliphatic rings. The minimum Gasteiger partial charge on any atom is -0.493 e. The van der Waals surface area contributed by atoms with Gasteiger partial charge in [-0.1, -0.05) is 39.0 Å². The Morgan fingerprint density at radius 1 is 0.944 bits per heavy atom. The van der Waals surface area contributed by atoms with Crippen molar-refractivity contribution >= 4 is 11.6 Å². The average molecular weight is 250 g/mol. The second-order valence-corrected chi connectivity index (χ2v) is 4.63. The lowest BCUT2D eigenvalue weighted by molar-refractivity contribution is -0.117. The first kappa shape index (κ1) is 14.7. The van der Waals surface area contributed by atoms with Crippen LogP contribution in [-0.2, 0) is 14.3 Å². The Kier molecular flexibility index (Phi) is 6.40. The minimum absolute atomic E-state index is 0.0833. The highest BCUT2D eigenvalue weighted by molar-refractivity contribution is 6.19. The minimum atomic E-state index is -0.196. The maximum Gasteiger partial charge on any atom is 0.220 e. The summed E-state index contributed by atoms with van der Waals surface area (Å²) in [5.74, 6) is -0.134. The lowest BCUT2D eigenvalue weighted by Gasteiger charge is -2.10. The number of methoxy groups -OCH3 is 1. The predicted molar refractivity (Wildman–Crippen MR) is 71.2 cm³/mol. The first-order valence-corrected chi connectivity index (χ1v) is 6.74. The smallest absolute Gasteiger partial charge is 0.220 e. The largest absolute Gasteiger partial charge is 0.493 e. The molecule has 0 unspecified atom stereocenters. The standard InChI is InChI=1S/C15H22O3/c1-3-4-5-6-7-8-9-12-10-14(17)15(18-2)11-13(12)16/h10-11H,3-9H2,1-2H3. The summed E-state index contributed by atoms with van der Waals surface area (Å²) in [5.41, 5.74) is 0.622. The lowest BCUT2D eigenvalue weighted by Crippen LogP contribution is -2.14. The summed E-state index contributed by atoms with van der Waals surface area (Å²) in [4.78, 5) is 23.2. The molecule has 0 aromatic heterocycles. The third kappa shape index (κ3) is 4.47. The van der Waals surface area contributed by atoms with E-state index in [-0.39, 0.29) is 17.3 Å². The lowest BCUT2D eigenvalue weighted by atomic mass is 9.96. The quantitative estimate of drug-likeness (QED) is 0.490. The van der Waals surface area contributed by atoms with Gasteiger partial charge >= 0.3 is 0 Å². The van der Waals surface area contributed by atoms with E-state index in [0.717, 1.165) is 12.8 Å². The van der Waals surface area contributed by atoms with Gasteiger partial charge in [-0.3, -0.25) is 9.59 Å². The Balaban J connectivity index is 2.31. The number of rotatable bonds is 8. The highest BCUT2D eigenvalue weighted by Gasteiger charge is 2.19. The fraction of sp³-hybridized carbons (Fsp3) is 0.600. The number of ether oxygens (including phenoxy) is 1. The number of allylic oxidation sites excluding steroid dienone is 3. The molecule has 1 rings (SSSR count). The van der Waals surface area contributed by atoms with Crippen LogP contribution in [0.1, 0.15) is 51.9 Å². The summed E-state index contributed by atoms with van der Waals surface area (Å²) < 4.78 is 4.84. The summed E-state index contributed by atoms with van der Waals surface area (Å²) in [5, 5.41) is 0. The summed E-state index contributed by atoms with van der Waals surface area (Å²) in [6.07, 6.45) is 10.5. The van der Waals surface area contributed by atoms with Crippen molar-refractivity contribution in [3.8, 4) is 0 Å². The molecule has 100 valence electrons. The fourth-order valence-corrected chi connectivity index (χ4v) is 2.03. The van der Waals surface area contributed by atoms with Crippen LogP contribution < -0.4 is 0 Å². The fourth-order valence-electron chi connectivity index (χ4n) is 2.03. The maximum absolute atomic E-state index is 11.7. The molecule has 0 aliphatic heterocycles. The van der Waals surface area contributed by atoms with Crippen LogP contribution >= 0.6 is 0 Å². The van der Waals surface area contributed by atoms with Gasteiger partial charge in [-0.05, 0) is 18.9 Å². The van der Waals surface area contributed by atoms with Gasteiger partial charge in [0.15, 0.2) is 11.5 Å². The molecule has 0 radical (unpaired) electrons. The molecule has 18 heavy (non-hydrogen) atoms. The van der Waals surface area contributed by atoms with Crippen LogP contribution in [0.2, 0.25) is 0 Å². The number of hydrogen-bond donors (Lipinski definition) is 0. The van der Waals surface area contributed by atoms with Crippen LogP contribution in [0.25, 0.3) is 0 Å². The molecule has 0 fully saturated rings. The number of hydrogen-bond acceptors (Lipinski definition) is 3. The molecule has 0 aromatic carbocycles. The summed E-state index contributed by atoms with van der Waals surface area (Å²) in [6, 6.07) is 0. The normalized spacial score (nSPS) is 15.4. The molecule has 0 atom stereocenters. The van der Waals surface area contributed by atoms with E-state index >= 15 is 0 Å². The van der Waals surface area contributed by atoms with Gasteiger partial charge in [0.2, 0.25) is 5.78 Å². The molecule has 1 aliphatic carbocycles. The van der Waals surface area contributed by atoms with Crippen LogP contribution in [0.3, 0.4) is 0 Å². The van der Waals surface area contributed by atoms with E-state index in [9.17, 15) is 9.59 Å². The van der Waals surface area contributed by atoms with Crippen LogP contribution in [-0.4, -0.2) is 18.7 Å². The second-order valence-electron chi connectivity index (χ2n) is 4.63. The summed E-state index contributed by atoms with van der Waals surface area (Å²) in [7, 11) is 1.41. The maximum atomic E-state index is 11.7. The van der Waals surface area contributed by atoms with Crippen LogP contribution in [0.5, 0.6) is 0 Å². The highest BCUT2D eigenvalue weighted by Crippen LogP contribution is 2.18. The monoisotopic (exact) mass is 250 g/mol. The van der Waals surface area contributed by atoms with Gasteiger partial charge in [0.1, 0.15) is 0 Å². The van der Waals surface area contributed by atoms with Crippen molar-refractivity contribution in [3.63, 3.8) is 0 Å². The van der Waals surface area contributed by atoms with Crippen molar-refractivity contribution in [2.75, 3.05) is 7.11 Å². The Morgan fingerprint density at radius 2 is 1.61 bits per heavy atom. The molecule has 3 nitrogen and oxygen atoms in total. The van der Waals surface area contributed by atoms with Crippen molar-refractivity contribution in [3.05, 3.63) is 23.5 Å². The van der Waals surface area contributed by atoms with Gasteiger partial charge in [-0.2, -0.15) is 0 Å². The molecule has 0 heterocycles. The predicted octanol–water partition coefficient (Wildman–Crippen LogP) is 3.35. The highest BCUT2D eigenvalue weighted by atomic mass is 16.5. The van der Waals surface area contributed by atoms with E-state index < -0.39 is 0 Å². The molecule has 0 saturated carbocycles. The van der Waals surface area contributed by atoms with Gasteiger partial charge in [-0.25, -0.2) is 0 Å². The first-order valence-electron chi connectivity index (χ1n) is 6.74. The number of carbonyl (C=O) groups excluding carboxylic acids is 2. The van der Waals surface area contributed by atoms with Gasteiger partial charge in [0.05, 0.1) is 7.11 Å². The molecule has 0 bridgehead atoms. The van der Waals surface area contributed by atoms with Crippen molar-refractivity contribution < 1.29 is 14.3 Å². The Morgan fingerprint density at radius 3 is 2.28 bits per heavy atom. The van der Waals surface area contributed by atoms with Crippen molar-refractivity contribution in [2.45, 2.75) is 51.9 Å². The number of ketones is 2. The molecule has 0 amide bonds. The zero-order chi connectivity index (χ0) is 13.4. The summed E-state index contributed by atoms with van der Waals surface area (Å²) >= 11 is 0. The third-order valence-electron chi connectivity index (χ3n) is 3.15. The summed E-state index contributed by atoms with van der Waals surface area (Å²) in [6.45, 7) is 2.19. The zero-order valence-corrected chi connectivity index (χ0v) is 11.3. The topological polar surface area (TPSA) is 43.4 Å². The molecular formula is C15H22O3. The van der Waals surface area contributed by atoms with Gasteiger partial charge in [0.25, 0.3) is 0 Å². The first-order chi connectivity index (χ1) is 8.69. The molecular weight excluding hydrogens is 228 g/mol. The molecule has 0 saturated heterocycles. The Bertz CT molecular complexity index is 364.